The SMILES string of the molecule is CCCC(CCC)c1cc(OC)c(=O)n(C)c1. The third-order valence-corrected chi connectivity index (χ3v) is 3.14. The van der Waals surface area contributed by atoms with E-state index in [1.165, 1.54) is 5.56 Å². The molecule has 17 heavy (non-hydrogen) atoms. The zero-order valence-corrected chi connectivity index (χ0v) is 11.3. The average Bonchev–Trinajstić information content (AvgIpc) is 2.32. The second-order valence-corrected chi connectivity index (χ2v) is 4.53. The van der Waals surface area contributed by atoms with Gasteiger partial charge in [-0.15, -0.1) is 0 Å². The van der Waals surface area contributed by atoms with Crippen molar-refractivity contribution in [2.24, 2.45) is 7.05 Å². The largest absolute Gasteiger partial charge is 0.491 e. The van der Waals surface area contributed by atoms with Gasteiger partial charge >= 0.3 is 0 Å². The van der Waals surface area contributed by atoms with E-state index in [1.54, 1.807) is 18.7 Å². The van der Waals surface area contributed by atoms with Crippen LogP contribution in [0.3, 0.4) is 0 Å². The van der Waals surface area contributed by atoms with E-state index >= 15 is 0 Å². The maximum atomic E-state index is 11.7. The van der Waals surface area contributed by atoms with Crippen LogP contribution in [-0.4, -0.2) is 11.7 Å². The quantitative estimate of drug-likeness (QED) is 0.761. The fourth-order valence-electron chi connectivity index (χ4n) is 2.25. The van der Waals surface area contributed by atoms with Crippen molar-refractivity contribution < 1.29 is 4.74 Å². The van der Waals surface area contributed by atoms with Gasteiger partial charge in [-0.1, -0.05) is 26.7 Å². The highest BCUT2D eigenvalue weighted by molar-refractivity contribution is 5.27. The van der Waals surface area contributed by atoms with Gasteiger partial charge in [-0.2, -0.15) is 0 Å². The standard InChI is InChI=1S/C14H23NO2/c1-5-7-11(8-6-2)12-9-13(17-4)14(16)15(3)10-12/h9-11H,5-8H2,1-4H3. The molecular formula is C14H23NO2. The summed E-state index contributed by atoms with van der Waals surface area (Å²) < 4.78 is 6.76. The Morgan fingerprint density at radius 1 is 1.29 bits per heavy atom. The average molecular weight is 237 g/mol. The predicted molar refractivity (Wildman–Crippen MR) is 70.8 cm³/mol. The molecule has 1 rings (SSSR count). The molecule has 0 spiro atoms. The van der Waals surface area contributed by atoms with Crippen molar-refractivity contribution in [3.63, 3.8) is 0 Å². The lowest BCUT2D eigenvalue weighted by Crippen LogP contribution is -2.19. The van der Waals surface area contributed by atoms with Crippen molar-refractivity contribution >= 4 is 0 Å². The first-order chi connectivity index (χ1) is 8.13. The molecule has 0 aliphatic carbocycles. The van der Waals surface area contributed by atoms with E-state index in [0.717, 1.165) is 25.7 Å². The van der Waals surface area contributed by atoms with Gasteiger partial charge in [0.2, 0.25) is 0 Å². The summed E-state index contributed by atoms with van der Waals surface area (Å²) in [6.45, 7) is 4.39. The topological polar surface area (TPSA) is 31.2 Å². The Bertz CT molecular complexity index is 403. The molecule has 0 aliphatic heterocycles. The molecule has 0 unspecified atom stereocenters. The molecule has 0 saturated heterocycles. The molecule has 96 valence electrons. The van der Waals surface area contributed by atoms with Crippen molar-refractivity contribution in [1.82, 2.24) is 4.57 Å². The van der Waals surface area contributed by atoms with Crippen molar-refractivity contribution in [2.75, 3.05) is 7.11 Å². The number of nitrogens with zero attached hydrogens (tertiary/aromatic N) is 1. The lowest BCUT2D eigenvalue weighted by molar-refractivity contribution is 0.402. The summed E-state index contributed by atoms with van der Waals surface area (Å²) in [5.74, 6) is 0.980. The van der Waals surface area contributed by atoms with Gasteiger partial charge in [-0.25, -0.2) is 0 Å². The molecule has 3 heteroatoms. The normalized spacial score (nSPS) is 10.9. The summed E-state index contributed by atoms with van der Waals surface area (Å²) in [6, 6.07) is 1.90. The maximum absolute atomic E-state index is 11.7. The highest BCUT2D eigenvalue weighted by Crippen LogP contribution is 2.27. The van der Waals surface area contributed by atoms with Gasteiger partial charge in [0.25, 0.3) is 5.56 Å². The molecule has 0 atom stereocenters. The predicted octanol–water partition coefficient (Wildman–Crippen LogP) is 3.08. The van der Waals surface area contributed by atoms with E-state index < -0.39 is 0 Å². The van der Waals surface area contributed by atoms with Crippen molar-refractivity contribution in [3.05, 3.63) is 28.2 Å². The maximum Gasteiger partial charge on any atom is 0.292 e. The van der Waals surface area contributed by atoms with Gasteiger partial charge in [-0.05, 0) is 30.4 Å². The molecule has 1 aromatic rings. The second-order valence-electron chi connectivity index (χ2n) is 4.53. The molecule has 0 bridgehead atoms. The molecule has 0 amide bonds. The zero-order valence-electron chi connectivity index (χ0n) is 11.3. The minimum atomic E-state index is -0.0667. The van der Waals surface area contributed by atoms with Crippen molar-refractivity contribution in [1.29, 1.82) is 0 Å². The van der Waals surface area contributed by atoms with Gasteiger partial charge < -0.3 is 9.30 Å². The number of ether oxygens (including phenoxy) is 1. The minimum absolute atomic E-state index is 0.0667. The smallest absolute Gasteiger partial charge is 0.292 e. The van der Waals surface area contributed by atoms with Crippen LogP contribution in [0, 0.1) is 0 Å². The van der Waals surface area contributed by atoms with Gasteiger partial charge in [0.15, 0.2) is 5.75 Å². The first-order valence-corrected chi connectivity index (χ1v) is 6.38. The van der Waals surface area contributed by atoms with Crippen LogP contribution in [0.4, 0.5) is 0 Å². The van der Waals surface area contributed by atoms with E-state index in [9.17, 15) is 4.79 Å². The Hall–Kier alpha value is -1.25. The van der Waals surface area contributed by atoms with Crippen molar-refractivity contribution in [2.45, 2.75) is 45.4 Å². The minimum Gasteiger partial charge on any atom is -0.491 e. The van der Waals surface area contributed by atoms with E-state index in [2.05, 4.69) is 13.8 Å². The summed E-state index contributed by atoms with van der Waals surface area (Å²) in [6.07, 6.45) is 6.59. The van der Waals surface area contributed by atoms with Gasteiger partial charge in [0.1, 0.15) is 0 Å². The van der Waals surface area contributed by atoms with Crippen LogP contribution in [0.25, 0.3) is 0 Å². The van der Waals surface area contributed by atoms with Crippen LogP contribution < -0.4 is 10.3 Å². The van der Waals surface area contributed by atoms with Crippen LogP contribution in [0.5, 0.6) is 5.75 Å². The molecule has 3 nitrogen and oxygen atoms in total. The Labute approximate surface area is 103 Å². The number of hydrogen-bond donors (Lipinski definition) is 0. The Morgan fingerprint density at radius 3 is 2.35 bits per heavy atom. The third kappa shape index (κ3) is 3.35. The Balaban J connectivity index is 3.10. The van der Waals surface area contributed by atoms with E-state index in [0.29, 0.717) is 11.7 Å². The lowest BCUT2D eigenvalue weighted by atomic mass is 9.91. The highest BCUT2D eigenvalue weighted by atomic mass is 16.5. The summed E-state index contributed by atoms with van der Waals surface area (Å²) >= 11 is 0. The van der Waals surface area contributed by atoms with Crippen LogP contribution in [0.2, 0.25) is 0 Å². The van der Waals surface area contributed by atoms with E-state index in [-0.39, 0.29) is 5.56 Å². The molecule has 1 heterocycles. The fourth-order valence-corrected chi connectivity index (χ4v) is 2.25. The molecule has 0 saturated carbocycles. The number of methoxy groups -OCH3 is 1. The molecule has 0 N–H and O–H groups in total. The highest BCUT2D eigenvalue weighted by Gasteiger charge is 2.13. The monoisotopic (exact) mass is 237 g/mol. The zero-order chi connectivity index (χ0) is 12.8. The molecular weight excluding hydrogens is 214 g/mol. The van der Waals surface area contributed by atoms with Gasteiger partial charge in [-0.3, -0.25) is 4.79 Å². The van der Waals surface area contributed by atoms with Crippen LogP contribution in [-0.2, 0) is 7.05 Å². The Kier molecular flexibility index (Phi) is 5.26. The molecule has 0 radical (unpaired) electrons. The third-order valence-electron chi connectivity index (χ3n) is 3.14. The number of pyridine rings is 1. The number of aromatic nitrogens is 1. The van der Waals surface area contributed by atoms with Gasteiger partial charge in [0, 0.05) is 13.2 Å². The lowest BCUT2D eigenvalue weighted by Gasteiger charge is -2.17. The number of hydrogen-bond acceptors (Lipinski definition) is 2. The van der Waals surface area contributed by atoms with E-state index in [1.807, 2.05) is 12.3 Å². The number of aryl methyl sites for hydroxylation is 1. The summed E-state index contributed by atoms with van der Waals surface area (Å²) in [7, 11) is 3.33. The van der Waals surface area contributed by atoms with Crippen LogP contribution >= 0.6 is 0 Å². The van der Waals surface area contributed by atoms with Crippen LogP contribution in [0.1, 0.15) is 51.0 Å². The summed E-state index contributed by atoms with van der Waals surface area (Å²) in [5, 5.41) is 0. The molecule has 0 aromatic carbocycles. The van der Waals surface area contributed by atoms with Gasteiger partial charge in [0.05, 0.1) is 7.11 Å². The molecule has 0 aliphatic rings. The summed E-state index contributed by atoms with van der Waals surface area (Å²) in [5.41, 5.74) is 1.15. The molecule has 0 fully saturated rings. The van der Waals surface area contributed by atoms with E-state index in [4.69, 9.17) is 4.74 Å². The number of rotatable bonds is 6. The van der Waals surface area contributed by atoms with Crippen molar-refractivity contribution in [3.8, 4) is 5.75 Å². The summed E-state index contributed by atoms with van der Waals surface area (Å²) in [4.78, 5) is 11.7. The first kappa shape index (κ1) is 13.8. The van der Waals surface area contributed by atoms with Crippen LogP contribution in [0.15, 0.2) is 17.1 Å². The fraction of sp³-hybridized carbons (Fsp3) is 0.643. The second kappa shape index (κ2) is 6.48. The first-order valence-electron chi connectivity index (χ1n) is 6.38. The molecule has 1 aromatic heterocycles. The Morgan fingerprint density at radius 2 is 1.88 bits per heavy atom.